The minimum atomic E-state index is -4.94. The number of anilines is 3. The number of hydrogen-bond donors (Lipinski definition) is 0. The smallest absolute Gasteiger partial charge is 0.164 e. The Morgan fingerprint density at radius 1 is 0.867 bits per heavy atom. The molecule has 2 aromatic carbocycles. The Morgan fingerprint density at radius 2 is 1.33 bits per heavy atom. The average Bonchev–Trinajstić information content (AvgIpc) is 3.16. The molecule has 0 saturated heterocycles. The van der Waals surface area contributed by atoms with Crippen LogP contribution in [0.5, 0.6) is 0 Å². The summed E-state index contributed by atoms with van der Waals surface area (Å²) >= 11 is 8.13. The van der Waals surface area contributed by atoms with E-state index in [1.807, 2.05) is 43.1 Å². The summed E-state index contributed by atoms with van der Waals surface area (Å²) in [6, 6.07) is 24.9. The molecule has 0 fully saturated rings. The lowest BCUT2D eigenvalue weighted by atomic mass is 10.2. The quantitative estimate of drug-likeness (QED) is 0.417. The summed E-state index contributed by atoms with van der Waals surface area (Å²) in [7, 11) is -0.986. The van der Waals surface area contributed by atoms with Crippen LogP contribution in [0.4, 0.5) is 16.4 Å². The van der Waals surface area contributed by atoms with Crippen LogP contribution >= 0.6 is 22.9 Å². The molecular weight excluding hydrogens is 447 g/mol. The van der Waals surface area contributed by atoms with Crippen molar-refractivity contribution >= 4 is 50.6 Å². The van der Waals surface area contributed by atoms with Crippen molar-refractivity contribution in [2.45, 2.75) is 0 Å². The van der Waals surface area contributed by atoms with Crippen molar-refractivity contribution in [3.05, 3.63) is 83.7 Å². The first-order valence-electron chi connectivity index (χ1n) is 8.64. The summed E-state index contributed by atoms with van der Waals surface area (Å²) in [5.74, 6) is 0. The van der Waals surface area contributed by atoms with Crippen molar-refractivity contribution < 1.29 is 33.5 Å². The van der Waals surface area contributed by atoms with Gasteiger partial charge in [0.1, 0.15) is 19.1 Å². The second-order valence-electron chi connectivity index (χ2n) is 6.15. The highest BCUT2D eigenvalue weighted by atomic mass is 35.7. The van der Waals surface area contributed by atoms with Crippen molar-refractivity contribution in [3.8, 4) is 0 Å². The Balaban J connectivity index is 0.000000575. The molecule has 0 spiro atoms. The van der Waals surface area contributed by atoms with E-state index in [0.29, 0.717) is 0 Å². The number of halogens is 2. The maximum absolute atomic E-state index is 8.49. The molecule has 0 aliphatic carbocycles. The third kappa shape index (κ3) is 8.25. The highest BCUT2D eigenvalue weighted by Crippen LogP contribution is 2.40. The van der Waals surface area contributed by atoms with Crippen molar-refractivity contribution in [1.29, 1.82) is 0 Å². The summed E-state index contributed by atoms with van der Waals surface area (Å²) < 4.78 is 35.9. The molecule has 0 N–H and O–H groups in total. The number of rotatable bonds is 5. The van der Waals surface area contributed by atoms with Crippen LogP contribution in [-0.4, -0.2) is 24.9 Å². The van der Waals surface area contributed by atoms with Gasteiger partial charge in [0.15, 0.2) is 6.21 Å². The topological polar surface area (TPSA) is 98.5 Å². The van der Waals surface area contributed by atoms with E-state index in [-0.39, 0.29) is 0 Å². The molecule has 6 nitrogen and oxygen atoms in total. The van der Waals surface area contributed by atoms with Crippen molar-refractivity contribution in [2.75, 3.05) is 19.0 Å². The Kier molecular flexibility index (Phi) is 9.01. The standard InChI is InChI=1S/C21H20ClN2S.ClHO4/c1-23(2)16-15-19(22)20-13-14-21(25-20)24(17-9-5-3-6-10-17)18-11-7-4-8-12-18;2-1(3,4)5/h3-16H,1-2H3;(H,2,3,4,5)/q+1;/p-1. The molecule has 0 aliphatic heterocycles. The molecule has 30 heavy (non-hydrogen) atoms. The van der Waals surface area contributed by atoms with Crippen LogP contribution in [0.15, 0.2) is 78.9 Å². The van der Waals surface area contributed by atoms with E-state index in [1.165, 1.54) is 0 Å². The molecule has 3 rings (SSSR count). The zero-order valence-corrected chi connectivity index (χ0v) is 18.6. The van der Waals surface area contributed by atoms with Gasteiger partial charge in [-0.15, -0.1) is 21.6 Å². The summed E-state index contributed by atoms with van der Waals surface area (Å²) in [4.78, 5) is 3.29. The van der Waals surface area contributed by atoms with E-state index < -0.39 is 10.2 Å². The van der Waals surface area contributed by atoms with Crippen LogP contribution in [0, 0.1) is 10.2 Å². The molecule has 3 aromatic rings. The van der Waals surface area contributed by atoms with E-state index in [9.17, 15) is 0 Å². The fraction of sp³-hybridized carbons (Fsp3) is 0.0952. The van der Waals surface area contributed by atoms with E-state index in [1.54, 1.807) is 11.3 Å². The number of para-hydroxylation sites is 2. The Labute approximate surface area is 186 Å². The predicted octanol–water partition coefficient (Wildman–Crippen LogP) is 1.38. The number of thiophene rings is 1. The lowest BCUT2D eigenvalue weighted by molar-refractivity contribution is -2.00. The second kappa shape index (κ2) is 11.2. The van der Waals surface area contributed by atoms with Gasteiger partial charge in [0.25, 0.3) is 0 Å². The van der Waals surface area contributed by atoms with Crippen molar-refractivity contribution in [2.24, 2.45) is 0 Å². The fourth-order valence-electron chi connectivity index (χ4n) is 2.43. The number of hydrogen-bond acceptors (Lipinski definition) is 6. The molecule has 0 unspecified atom stereocenters. The number of benzene rings is 2. The first-order valence-corrected chi connectivity index (χ1v) is 11.1. The molecule has 158 valence electrons. The molecule has 0 saturated carbocycles. The maximum atomic E-state index is 8.49. The van der Waals surface area contributed by atoms with Gasteiger partial charge in [-0.3, -0.25) is 0 Å². The normalized spacial score (nSPS) is 11.4. The van der Waals surface area contributed by atoms with Gasteiger partial charge in [0.2, 0.25) is 0 Å². The lowest BCUT2D eigenvalue weighted by Crippen LogP contribution is -2.68. The Morgan fingerprint density at radius 3 is 1.77 bits per heavy atom. The van der Waals surface area contributed by atoms with Gasteiger partial charge in [-0.25, -0.2) is 23.2 Å². The molecule has 0 amide bonds. The molecule has 9 heteroatoms. The Bertz CT molecular complexity index is 938. The largest absolute Gasteiger partial charge is 0.302 e. The van der Waals surface area contributed by atoms with Gasteiger partial charge in [0, 0.05) is 22.3 Å². The second-order valence-corrected chi connectivity index (χ2v) is 8.37. The monoisotopic (exact) mass is 466 g/mol. The van der Waals surface area contributed by atoms with Gasteiger partial charge in [-0.1, -0.05) is 48.0 Å². The number of allylic oxidation sites excluding steroid dienone is 1. The summed E-state index contributed by atoms with van der Waals surface area (Å²) in [5.41, 5.74) is 2.25. The minimum Gasteiger partial charge on any atom is -0.302 e. The van der Waals surface area contributed by atoms with Crippen molar-refractivity contribution in [1.82, 2.24) is 0 Å². The highest BCUT2D eigenvalue weighted by molar-refractivity contribution is 7.18. The van der Waals surface area contributed by atoms with Crippen LogP contribution in [-0.2, 0) is 0 Å². The predicted molar refractivity (Wildman–Crippen MR) is 111 cm³/mol. The molecule has 0 aliphatic rings. The van der Waals surface area contributed by atoms with Crippen molar-refractivity contribution in [3.63, 3.8) is 0 Å². The van der Waals surface area contributed by atoms with Crippen LogP contribution in [0.2, 0.25) is 0 Å². The summed E-state index contributed by atoms with van der Waals surface area (Å²) in [6.45, 7) is 0. The van der Waals surface area contributed by atoms with E-state index in [4.69, 9.17) is 30.2 Å². The van der Waals surface area contributed by atoms with E-state index in [0.717, 1.165) is 26.3 Å². The van der Waals surface area contributed by atoms with Gasteiger partial charge >= 0.3 is 0 Å². The van der Waals surface area contributed by atoms with Gasteiger partial charge in [-0.2, -0.15) is 0 Å². The first kappa shape index (κ1) is 24.0. The zero-order chi connectivity index (χ0) is 22.1. The fourth-order valence-corrected chi connectivity index (χ4v) is 3.63. The maximum Gasteiger partial charge on any atom is 0.164 e. The SMILES string of the molecule is C[N+](C)=C/C=C(\Cl)c1ccc(N(c2ccccc2)c2ccccc2)s1.[O-][Cl+3]([O-])([O-])[O-]. The summed E-state index contributed by atoms with van der Waals surface area (Å²) in [5, 5.41) is 1.87. The zero-order valence-electron chi connectivity index (χ0n) is 16.3. The number of nitrogens with zero attached hydrogens (tertiary/aromatic N) is 2. The lowest BCUT2D eigenvalue weighted by Gasteiger charge is -2.23. The third-order valence-corrected chi connectivity index (χ3v) is 5.14. The highest BCUT2D eigenvalue weighted by Gasteiger charge is 2.14. The van der Waals surface area contributed by atoms with Gasteiger partial charge in [0.05, 0.1) is 5.03 Å². The van der Waals surface area contributed by atoms with Crippen LogP contribution < -0.4 is 23.5 Å². The van der Waals surface area contributed by atoms with Gasteiger partial charge in [-0.05, 0) is 36.4 Å². The van der Waals surface area contributed by atoms with E-state index >= 15 is 0 Å². The van der Waals surface area contributed by atoms with Crippen LogP contribution in [0.3, 0.4) is 0 Å². The molecule has 1 heterocycles. The Hall–Kier alpha value is -2.23. The third-order valence-electron chi connectivity index (χ3n) is 3.60. The van der Waals surface area contributed by atoms with E-state index in [2.05, 4.69) is 65.6 Å². The molecule has 0 atom stereocenters. The first-order chi connectivity index (χ1) is 14.1. The average molecular weight is 467 g/mol. The molecule has 0 bridgehead atoms. The molecule has 0 radical (unpaired) electrons. The molecular formula is C21H20Cl2N2O4S. The minimum absolute atomic E-state index is 0.742. The van der Waals surface area contributed by atoms with Gasteiger partial charge < -0.3 is 4.90 Å². The summed E-state index contributed by atoms with van der Waals surface area (Å²) in [6.07, 6.45) is 3.88. The molecule has 1 aromatic heterocycles. The van der Waals surface area contributed by atoms with Crippen LogP contribution in [0.25, 0.3) is 5.03 Å². The van der Waals surface area contributed by atoms with Crippen LogP contribution in [0.1, 0.15) is 4.88 Å².